The van der Waals surface area contributed by atoms with Gasteiger partial charge in [-0.05, 0) is 69.9 Å². The second kappa shape index (κ2) is 5.86. The Balaban J connectivity index is 1.74. The molecule has 142 valence electrons. The van der Waals surface area contributed by atoms with E-state index in [4.69, 9.17) is 0 Å². The minimum Gasteiger partial charge on any atom is -0.231 e. The lowest BCUT2D eigenvalue weighted by Crippen LogP contribution is -2.37. The van der Waals surface area contributed by atoms with Crippen LogP contribution in [0.15, 0.2) is 41.3 Å². The molecule has 28 heavy (non-hydrogen) atoms. The van der Waals surface area contributed by atoms with Crippen LogP contribution < -0.4 is 0 Å². The van der Waals surface area contributed by atoms with Crippen molar-refractivity contribution in [2.75, 3.05) is 0 Å². The van der Waals surface area contributed by atoms with Gasteiger partial charge in [0.25, 0.3) is 0 Å². The highest BCUT2D eigenvalue weighted by molar-refractivity contribution is 9.10. The smallest absolute Gasteiger partial charge is 0.196 e. The molecular formula is C21H17BrF2N4. The summed E-state index contributed by atoms with van der Waals surface area (Å²) >= 11 is 3.37. The van der Waals surface area contributed by atoms with Gasteiger partial charge in [-0.15, -0.1) is 5.10 Å². The van der Waals surface area contributed by atoms with E-state index in [1.807, 2.05) is 12.1 Å². The Hall–Kier alpha value is -2.28. The number of hydrogen-bond acceptors (Lipinski definition) is 4. The van der Waals surface area contributed by atoms with Gasteiger partial charge in [-0.25, -0.2) is 18.7 Å². The lowest BCUT2D eigenvalue weighted by Gasteiger charge is -2.37. The normalized spacial score (nSPS) is 24.4. The lowest BCUT2D eigenvalue weighted by atomic mass is 9.66. The summed E-state index contributed by atoms with van der Waals surface area (Å²) in [6.45, 7) is 4.43. The highest BCUT2D eigenvalue weighted by atomic mass is 79.9. The zero-order valence-electron chi connectivity index (χ0n) is 15.4. The highest BCUT2D eigenvalue weighted by Gasteiger charge is 2.65. The Morgan fingerprint density at radius 1 is 1.11 bits per heavy atom. The summed E-state index contributed by atoms with van der Waals surface area (Å²) in [5.41, 5.74) is 2.34. The Morgan fingerprint density at radius 2 is 1.86 bits per heavy atom. The standard InChI is InChI=1S/C21H17BrF2N4/c1-20(2)12-6-8-21(20,16-7-9-25-19(22)26-16)18-11(12)10-15(27-28-18)17-13(23)4-3-5-14(17)24/h3-5,7,9-10,12H,6,8H2,1-2H3/t12-,21-/m0/s1. The fraction of sp³-hybridized carbons (Fsp3) is 0.333. The Morgan fingerprint density at radius 3 is 2.57 bits per heavy atom. The number of aromatic nitrogens is 4. The minimum atomic E-state index is -0.633. The summed E-state index contributed by atoms with van der Waals surface area (Å²) in [4.78, 5) is 8.80. The van der Waals surface area contributed by atoms with Gasteiger partial charge in [0.1, 0.15) is 11.6 Å². The van der Waals surface area contributed by atoms with Crippen LogP contribution in [-0.4, -0.2) is 20.2 Å². The van der Waals surface area contributed by atoms with Gasteiger partial charge in [-0.3, -0.25) is 0 Å². The number of nitrogens with zero attached hydrogens (tertiary/aromatic N) is 4. The largest absolute Gasteiger partial charge is 0.231 e. The Labute approximate surface area is 169 Å². The third kappa shape index (κ3) is 2.14. The maximum atomic E-state index is 14.3. The average molecular weight is 443 g/mol. The van der Waals surface area contributed by atoms with E-state index in [1.54, 1.807) is 6.20 Å². The number of rotatable bonds is 2. The van der Waals surface area contributed by atoms with E-state index in [-0.39, 0.29) is 22.6 Å². The Bertz CT molecular complexity index is 1100. The van der Waals surface area contributed by atoms with E-state index in [9.17, 15) is 8.78 Å². The van der Waals surface area contributed by atoms with Crippen LogP contribution in [0.3, 0.4) is 0 Å². The van der Waals surface area contributed by atoms with Crippen LogP contribution in [0.4, 0.5) is 8.78 Å². The van der Waals surface area contributed by atoms with E-state index in [0.29, 0.717) is 4.73 Å². The van der Waals surface area contributed by atoms with Crippen LogP contribution >= 0.6 is 15.9 Å². The number of fused-ring (bicyclic) bond motifs is 5. The van der Waals surface area contributed by atoms with Gasteiger partial charge in [-0.2, -0.15) is 5.10 Å². The third-order valence-electron chi connectivity index (χ3n) is 6.66. The van der Waals surface area contributed by atoms with E-state index in [0.717, 1.165) is 29.8 Å². The van der Waals surface area contributed by atoms with Gasteiger partial charge >= 0.3 is 0 Å². The first kappa shape index (κ1) is 17.8. The van der Waals surface area contributed by atoms with Crippen LogP contribution in [0.1, 0.15) is 49.6 Å². The second-order valence-electron chi connectivity index (χ2n) is 8.06. The van der Waals surface area contributed by atoms with Gasteiger partial charge in [0.15, 0.2) is 4.73 Å². The first-order valence-corrected chi connectivity index (χ1v) is 9.97. The van der Waals surface area contributed by atoms with E-state index >= 15 is 0 Å². The van der Waals surface area contributed by atoms with Crippen LogP contribution in [0.25, 0.3) is 11.3 Å². The summed E-state index contributed by atoms with van der Waals surface area (Å²) in [5, 5.41) is 8.75. The molecule has 2 aliphatic rings. The molecule has 1 aromatic carbocycles. The number of benzene rings is 1. The maximum absolute atomic E-state index is 14.3. The van der Waals surface area contributed by atoms with Gasteiger partial charge in [0.2, 0.25) is 0 Å². The molecule has 1 fully saturated rings. The molecule has 2 bridgehead atoms. The number of halogens is 3. The van der Waals surface area contributed by atoms with Crippen molar-refractivity contribution in [3.05, 3.63) is 69.8 Å². The quantitative estimate of drug-likeness (QED) is 0.513. The lowest BCUT2D eigenvalue weighted by molar-refractivity contribution is 0.242. The molecule has 0 unspecified atom stereocenters. The summed E-state index contributed by atoms with van der Waals surface area (Å²) in [6, 6.07) is 7.57. The van der Waals surface area contributed by atoms with Crippen molar-refractivity contribution in [2.45, 2.75) is 38.0 Å². The van der Waals surface area contributed by atoms with Gasteiger partial charge < -0.3 is 0 Å². The SMILES string of the molecule is CC1(C)[C@H]2CC[C@]1(c1ccnc(Br)n1)c1nnc(-c3c(F)cccc3F)cc12. The van der Waals surface area contributed by atoms with Crippen molar-refractivity contribution in [3.8, 4) is 11.3 Å². The topological polar surface area (TPSA) is 51.6 Å². The molecule has 2 aliphatic carbocycles. The molecule has 2 atom stereocenters. The maximum Gasteiger partial charge on any atom is 0.196 e. The monoisotopic (exact) mass is 442 g/mol. The van der Waals surface area contributed by atoms with E-state index in [1.165, 1.54) is 18.2 Å². The first-order valence-electron chi connectivity index (χ1n) is 9.18. The second-order valence-corrected chi connectivity index (χ2v) is 8.77. The van der Waals surface area contributed by atoms with E-state index in [2.05, 4.69) is 49.9 Å². The zero-order chi connectivity index (χ0) is 19.7. The Kier molecular flexibility index (Phi) is 3.72. The summed E-state index contributed by atoms with van der Waals surface area (Å²) in [6.07, 6.45) is 3.61. The van der Waals surface area contributed by atoms with Crippen LogP contribution in [0.5, 0.6) is 0 Å². The molecule has 0 aliphatic heterocycles. The van der Waals surface area contributed by atoms with Crippen molar-refractivity contribution in [1.82, 2.24) is 20.2 Å². The molecule has 3 aromatic rings. The third-order valence-corrected chi connectivity index (χ3v) is 7.05. The average Bonchev–Trinajstić information content (AvgIpc) is 3.03. The molecule has 0 radical (unpaired) electrons. The van der Waals surface area contributed by atoms with Crippen molar-refractivity contribution < 1.29 is 8.78 Å². The van der Waals surface area contributed by atoms with Crippen molar-refractivity contribution in [3.63, 3.8) is 0 Å². The van der Waals surface area contributed by atoms with Crippen molar-refractivity contribution >= 4 is 15.9 Å². The zero-order valence-corrected chi connectivity index (χ0v) is 17.0. The van der Waals surface area contributed by atoms with Crippen LogP contribution in [0.2, 0.25) is 0 Å². The molecule has 0 N–H and O–H groups in total. The molecule has 0 saturated heterocycles. The molecule has 2 aromatic heterocycles. The predicted molar refractivity (Wildman–Crippen MR) is 104 cm³/mol. The van der Waals surface area contributed by atoms with Crippen molar-refractivity contribution in [1.29, 1.82) is 0 Å². The molecular weight excluding hydrogens is 426 g/mol. The fourth-order valence-electron chi connectivity index (χ4n) is 5.33. The van der Waals surface area contributed by atoms with Crippen LogP contribution in [-0.2, 0) is 5.41 Å². The highest BCUT2D eigenvalue weighted by Crippen LogP contribution is 2.69. The molecule has 4 nitrogen and oxygen atoms in total. The summed E-state index contributed by atoms with van der Waals surface area (Å²) < 4.78 is 29.1. The van der Waals surface area contributed by atoms with Crippen molar-refractivity contribution in [2.24, 2.45) is 5.41 Å². The minimum absolute atomic E-state index is 0.128. The van der Waals surface area contributed by atoms with Gasteiger partial charge in [0, 0.05) is 6.20 Å². The summed E-state index contributed by atoms with van der Waals surface area (Å²) in [5.74, 6) is -1.04. The van der Waals surface area contributed by atoms with Gasteiger partial charge in [0.05, 0.1) is 28.1 Å². The molecule has 7 heteroatoms. The molecule has 5 rings (SSSR count). The predicted octanol–water partition coefficient (Wildman–Crippen LogP) is 5.18. The van der Waals surface area contributed by atoms with E-state index < -0.39 is 17.0 Å². The van der Waals surface area contributed by atoms with Crippen LogP contribution in [0, 0.1) is 17.0 Å². The first-order chi connectivity index (χ1) is 13.4. The fourth-order valence-corrected chi connectivity index (χ4v) is 5.64. The molecule has 2 heterocycles. The van der Waals surface area contributed by atoms with Gasteiger partial charge in [-0.1, -0.05) is 19.9 Å². The summed E-state index contributed by atoms with van der Waals surface area (Å²) in [7, 11) is 0. The number of hydrogen-bond donors (Lipinski definition) is 0. The molecule has 1 saturated carbocycles. The molecule has 0 amide bonds. The molecule has 0 spiro atoms.